The Morgan fingerprint density at radius 2 is 1.75 bits per heavy atom. The lowest BCUT2D eigenvalue weighted by atomic mass is 10.7. The minimum Gasteiger partial charge on any atom is -0.331 e. The second-order valence-corrected chi connectivity index (χ2v) is 2.02. The molecule has 0 aliphatic rings. The fraction of sp³-hybridized carbons (Fsp3) is 0.333. The normalized spacial score (nSPS) is 7.25. The number of rotatable bonds is 0. The summed E-state index contributed by atoms with van der Waals surface area (Å²) < 4.78 is 0. The third-order valence-electron chi connectivity index (χ3n) is 0.425. The van der Waals surface area contributed by atoms with Gasteiger partial charge in [-0.25, -0.2) is 0 Å². The third kappa shape index (κ3) is 5.66. The molecule has 0 aromatic carbocycles. The van der Waals surface area contributed by atoms with Gasteiger partial charge in [-0.1, -0.05) is 19.1 Å². The molecule has 1 aromatic heterocycles. The molecule has 1 aromatic rings. The van der Waals surface area contributed by atoms with Gasteiger partial charge in [0.1, 0.15) is 0 Å². The van der Waals surface area contributed by atoms with Crippen LogP contribution in [0, 0.1) is 0 Å². The largest absolute Gasteiger partial charge is 0.331 e. The Bertz CT molecular complexity index is 75.4. The predicted octanol–water partition coefficient (Wildman–Crippen LogP) is 1.71. The first-order valence-electron chi connectivity index (χ1n) is 2.59. The second-order valence-electron chi connectivity index (χ2n) is 1.20. The van der Waals surface area contributed by atoms with Crippen LogP contribution >= 0.6 is 11.3 Å². The maximum Gasteiger partial charge on any atom is -0.00934 e. The fourth-order valence-corrected chi connectivity index (χ4v) is 0.680. The van der Waals surface area contributed by atoms with Gasteiger partial charge in [0.25, 0.3) is 0 Å². The average Bonchev–Trinajstić information content (AvgIpc) is 2.17. The maximum absolute atomic E-state index is 4.85. The van der Waals surface area contributed by atoms with Crippen LogP contribution in [-0.2, 0) is 0 Å². The Balaban J connectivity index is 0.000000145. The molecule has 0 saturated carbocycles. The molecule has 46 valence electrons. The topological polar surface area (TPSA) is 26.0 Å². The highest BCUT2D eigenvalue weighted by molar-refractivity contribution is 7.07. The van der Waals surface area contributed by atoms with Crippen LogP contribution in [0.4, 0.5) is 0 Å². The van der Waals surface area contributed by atoms with Crippen LogP contribution in [0.15, 0.2) is 22.9 Å². The summed E-state index contributed by atoms with van der Waals surface area (Å²) >= 11 is 1.71. The van der Waals surface area contributed by atoms with E-state index in [9.17, 15) is 0 Å². The zero-order chi connectivity index (χ0) is 6.24. The van der Waals surface area contributed by atoms with Gasteiger partial charge in [-0.15, -0.1) is 0 Å². The van der Waals surface area contributed by atoms with Crippen molar-refractivity contribution in [2.75, 3.05) is 6.54 Å². The molecular weight excluding hydrogens is 118 g/mol. The molecule has 0 radical (unpaired) electrons. The Morgan fingerprint density at radius 3 is 1.88 bits per heavy atom. The van der Waals surface area contributed by atoms with Crippen LogP contribution in [0.2, 0.25) is 0 Å². The van der Waals surface area contributed by atoms with Crippen molar-refractivity contribution in [2.24, 2.45) is 5.73 Å². The first kappa shape index (κ1) is 7.66. The van der Waals surface area contributed by atoms with Crippen LogP contribution in [0.25, 0.3) is 0 Å². The Morgan fingerprint density at radius 1 is 1.38 bits per heavy atom. The molecule has 1 rings (SSSR count). The van der Waals surface area contributed by atoms with Crippen molar-refractivity contribution in [1.82, 2.24) is 0 Å². The van der Waals surface area contributed by atoms with Gasteiger partial charge in [-0.05, 0) is 17.3 Å². The van der Waals surface area contributed by atoms with Gasteiger partial charge in [-0.2, -0.15) is 11.3 Å². The number of nitrogens with two attached hydrogens (primary N) is 1. The van der Waals surface area contributed by atoms with Crippen molar-refractivity contribution in [3.63, 3.8) is 0 Å². The van der Waals surface area contributed by atoms with Crippen molar-refractivity contribution in [2.45, 2.75) is 6.92 Å². The Kier molecular flexibility index (Phi) is 6.38. The molecule has 0 bridgehead atoms. The standard InChI is InChI=1S/C4H4S.C2H7N/c1-2-4-5-3-1;1-2-3/h1-4H;2-3H2,1H3. The lowest BCUT2D eigenvalue weighted by molar-refractivity contribution is 1.14. The highest BCUT2D eigenvalue weighted by Gasteiger charge is 1.58. The van der Waals surface area contributed by atoms with E-state index < -0.39 is 0 Å². The van der Waals surface area contributed by atoms with E-state index in [1.54, 1.807) is 11.3 Å². The molecule has 0 aliphatic heterocycles. The summed E-state index contributed by atoms with van der Waals surface area (Å²) in [5.41, 5.74) is 4.85. The van der Waals surface area contributed by atoms with Crippen LogP contribution < -0.4 is 5.73 Å². The quantitative estimate of drug-likeness (QED) is 0.567. The van der Waals surface area contributed by atoms with E-state index >= 15 is 0 Å². The highest BCUT2D eigenvalue weighted by atomic mass is 32.1. The zero-order valence-electron chi connectivity index (χ0n) is 5.00. The van der Waals surface area contributed by atoms with Gasteiger partial charge in [0.05, 0.1) is 0 Å². The lowest BCUT2D eigenvalue weighted by Gasteiger charge is -1.53. The summed E-state index contributed by atoms with van der Waals surface area (Å²) in [6.07, 6.45) is 0. The first-order valence-corrected chi connectivity index (χ1v) is 3.53. The lowest BCUT2D eigenvalue weighted by Crippen LogP contribution is -1.87. The van der Waals surface area contributed by atoms with Gasteiger partial charge in [0.2, 0.25) is 0 Å². The van der Waals surface area contributed by atoms with Crippen LogP contribution in [-0.4, -0.2) is 6.54 Å². The second kappa shape index (κ2) is 6.66. The monoisotopic (exact) mass is 129 g/mol. The predicted molar refractivity (Wildman–Crippen MR) is 39.0 cm³/mol. The molecule has 2 heteroatoms. The van der Waals surface area contributed by atoms with Crippen molar-refractivity contribution >= 4 is 11.3 Å². The summed E-state index contributed by atoms with van der Waals surface area (Å²) in [6, 6.07) is 4.04. The van der Waals surface area contributed by atoms with E-state index in [-0.39, 0.29) is 0 Å². The number of hydrogen-bond acceptors (Lipinski definition) is 2. The van der Waals surface area contributed by atoms with Gasteiger partial charge in [-0.3, -0.25) is 0 Å². The van der Waals surface area contributed by atoms with Crippen molar-refractivity contribution in [3.8, 4) is 0 Å². The molecule has 2 N–H and O–H groups in total. The number of hydrogen-bond donors (Lipinski definition) is 1. The van der Waals surface area contributed by atoms with Crippen LogP contribution in [0.5, 0.6) is 0 Å². The SMILES string of the molecule is CCN.c1ccsc1. The molecule has 1 nitrogen and oxygen atoms in total. The zero-order valence-corrected chi connectivity index (χ0v) is 5.82. The minimum absolute atomic E-state index is 0.750. The summed E-state index contributed by atoms with van der Waals surface area (Å²) in [7, 11) is 0. The molecule has 0 atom stereocenters. The Hall–Kier alpha value is -0.340. The molecular formula is C6H11NS. The molecule has 8 heavy (non-hydrogen) atoms. The minimum atomic E-state index is 0.750. The summed E-state index contributed by atoms with van der Waals surface area (Å²) in [4.78, 5) is 0. The molecule has 0 unspecified atom stereocenters. The molecule has 0 spiro atoms. The van der Waals surface area contributed by atoms with E-state index in [1.807, 2.05) is 29.8 Å². The average molecular weight is 129 g/mol. The number of thiophene rings is 1. The van der Waals surface area contributed by atoms with Gasteiger partial charge in [0.15, 0.2) is 0 Å². The van der Waals surface area contributed by atoms with E-state index in [0.29, 0.717) is 0 Å². The van der Waals surface area contributed by atoms with E-state index in [0.717, 1.165) is 6.54 Å². The van der Waals surface area contributed by atoms with Gasteiger partial charge < -0.3 is 5.73 Å². The van der Waals surface area contributed by atoms with E-state index in [2.05, 4.69) is 0 Å². The fourth-order valence-electron chi connectivity index (χ4n) is 0.227. The van der Waals surface area contributed by atoms with E-state index in [1.165, 1.54) is 0 Å². The third-order valence-corrected chi connectivity index (χ3v) is 1.05. The molecule has 0 amide bonds. The van der Waals surface area contributed by atoms with Gasteiger partial charge >= 0.3 is 0 Å². The summed E-state index contributed by atoms with van der Waals surface area (Å²) in [5.74, 6) is 0. The smallest absolute Gasteiger partial charge is 0.00934 e. The molecule has 0 aliphatic carbocycles. The van der Waals surface area contributed by atoms with Gasteiger partial charge in [0, 0.05) is 0 Å². The van der Waals surface area contributed by atoms with E-state index in [4.69, 9.17) is 5.73 Å². The first-order chi connectivity index (χ1) is 3.91. The molecule has 0 fully saturated rings. The summed E-state index contributed by atoms with van der Waals surface area (Å²) in [5, 5.41) is 4.08. The summed E-state index contributed by atoms with van der Waals surface area (Å²) in [6.45, 7) is 2.65. The van der Waals surface area contributed by atoms with Crippen molar-refractivity contribution < 1.29 is 0 Å². The molecule has 0 saturated heterocycles. The van der Waals surface area contributed by atoms with Crippen LogP contribution in [0.3, 0.4) is 0 Å². The van der Waals surface area contributed by atoms with Crippen molar-refractivity contribution in [3.05, 3.63) is 22.9 Å². The molecule has 1 heterocycles. The Labute approximate surface area is 54.1 Å². The maximum atomic E-state index is 4.85. The van der Waals surface area contributed by atoms with Crippen LogP contribution in [0.1, 0.15) is 6.92 Å². The highest BCUT2D eigenvalue weighted by Crippen LogP contribution is 1.91. The van der Waals surface area contributed by atoms with Crippen molar-refractivity contribution in [1.29, 1.82) is 0 Å².